The number of ether oxygens (including phenoxy) is 1. The minimum absolute atomic E-state index is 0.121. The highest BCUT2D eigenvalue weighted by Crippen LogP contribution is 2.33. The smallest absolute Gasteiger partial charge is 0.284 e. The van der Waals surface area contributed by atoms with E-state index in [1.165, 1.54) is 4.68 Å². The van der Waals surface area contributed by atoms with Crippen LogP contribution in [0.2, 0.25) is 0 Å². The van der Waals surface area contributed by atoms with Gasteiger partial charge in [-0.25, -0.2) is 19.4 Å². The van der Waals surface area contributed by atoms with Crippen molar-refractivity contribution in [2.75, 3.05) is 6.61 Å². The number of nitrogens with zero attached hydrogens (tertiary/aromatic N) is 4. The van der Waals surface area contributed by atoms with E-state index in [9.17, 15) is 13.2 Å². The molecule has 1 aliphatic heterocycles. The second-order valence-electron chi connectivity index (χ2n) is 9.81. The average Bonchev–Trinajstić information content (AvgIpc) is 3.24. The van der Waals surface area contributed by atoms with Crippen molar-refractivity contribution in [3.63, 3.8) is 0 Å². The molecule has 36 heavy (non-hydrogen) atoms. The van der Waals surface area contributed by atoms with Gasteiger partial charge in [0, 0.05) is 18.5 Å². The molecule has 0 radical (unpaired) electrons. The van der Waals surface area contributed by atoms with Gasteiger partial charge in [0.25, 0.3) is 10.0 Å². The maximum atomic E-state index is 13.4. The zero-order valence-corrected chi connectivity index (χ0v) is 21.3. The summed E-state index contributed by atoms with van der Waals surface area (Å²) in [7, 11) is -4.28. The fourth-order valence-electron chi connectivity index (χ4n) is 4.52. The van der Waals surface area contributed by atoms with Crippen molar-refractivity contribution < 1.29 is 17.9 Å². The second kappa shape index (κ2) is 8.70. The predicted octanol–water partition coefficient (Wildman–Crippen LogP) is 3.79. The number of hydrogen-bond donors (Lipinski definition) is 1. The summed E-state index contributed by atoms with van der Waals surface area (Å²) in [6.07, 6.45) is 3.11. The molecule has 4 aromatic rings. The third kappa shape index (κ3) is 4.21. The number of pyridine rings is 2. The minimum atomic E-state index is -4.28. The number of rotatable bonds is 1. The van der Waals surface area contributed by atoms with E-state index in [1.54, 1.807) is 24.5 Å². The first-order chi connectivity index (χ1) is 17.1. The van der Waals surface area contributed by atoms with Gasteiger partial charge in [-0.15, -0.1) is 0 Å². The van der Waals surface area contributed by atoms with E-state index >= 15 is 0 Å². The van der Waals surface area contributed by atoms with Gasteiger partial charge in [-0.05, 0) is 60.2 Å². The number of carbonyl (C=O) groups is 1. The van der Waals surface area contributed by atoms with Crippen molar-refractivity contribution in [1.82, 2.24) is 24.5 Å². The van der Waals surface area contributed by atoms with Gasteiger partial charge in [0.2, 0.25) is 16.8 Å². The van der Waals surface area contributed by atoms with Gasteiger partial charge in [0.05, 0.1) is 17.3 Å². The molecule has 0 fully saturated rings. The molecule has 0 saturated heterocycles. The summed E-state index contributed by atoms with van der Waals surface area (Å²) in [5, 5.41) is 4.48. The van der Waals surface area contributed by atoms with Gasteiger partial charge in [-0.1, -0.05) is 32.0 Å². The molecule has 3 aromatic heterocycles. The van der Waals surface area contributed by atoms with Crippen molar-refractivity contribution in [3.05, 3.63) is 66.0 Å². The van der Waals surface area contributed by atoms with Crippen LogP contribution in [0.15, 0.2) is 59.9 Å². The van der Waals surface area contributed by atoms with Crippen LogP contribution >= 0.6 is 0 Å². The summed E-state index contributed by atoms with van der Waals surface area (Å²) in [5.74, 6) is -0.107. The lowest BCUT2D eigenvalue weighted by molar-refractivity contribution is -0.118. The number of carbonyl (C=O) groups excluding carboxylic acids is 1. The maximum Gasteiger partial charge on any atom is 0.284 e. The van der Waals surface area contributed by atoms with E-state index in [1.807, 2.05) is 58.0 Å². The fourth-order valence-corrected chi connectivity index (χ4v) is 5.63. The van der Waals surface area contributed by atoms with Gasteiger partial charge >= 0.3 is 0 Å². The SMILES string of the molecule is CC(C)c1cccc2c1CC(=O)NS(=O)(=O)c1nn(c3ncccc13)C(C)(C)COc1cc-2ccn1. The Bertz CT molecular complexity index is 1590. The Kier molecular flexibility index (Phi) is 5.78. The lowest BCUT2D eigenvalue weighted by Gasteiger charge is -2.25. The third-order valence-corrected chi connectivity index (χ3v) is 7.58. The Morgan fingerprint density at radius 2 is 1.89 bits per heavy atom. The molecular weight excluding hydrogens is 478 g/mol. The molecule has 1 N–H and O–H groups in total. The van der Waals surface area contributed by atoms with Gasteiger partial charge in [-0.2, -0.15) is 13.5 Å². The highest BCUT2D eigenvalue weighted by molar-refractivity contribution is 7.90. The van der Waals surface area contributed by atoms with Crippen LogP contribution in [0.5, 0.6) is 5.88 Å². The van der Waals surface area contributed by atoms with Crippen LogP contribution in [0.25, 0.3) is 22.2 Å². The zero-order valence-electron chi connectivity index (χ0n) is 20.5. The minimum Gasteiger partial charge on any atom is -0.475 e. The molecule has 4 heterocycles. The second-order valence-corrected chi connectivity index (χ2v) is 11.4. The fraction of sp³-hybridized carbons (Fsp3) is 0.308. The lowest BCUT2D eigenvalue weighted by atomic mass is 9.88. The highest BCUT2D eigenvalue weighted by Gasteiger charge is 2.32. The van der Waals surface area contributed by atoms with Crippen molar-refractivity contribution >= 4 is 27.0 Å². The Morgan fingerprint density at radius 1 is 1.08 bits per heavy atom. The first kappa shape index (κ1) is 23.9. The van der Waals surface area contributed by atoms with Crippen LogP contribution < -0.4 is 9.46 Å². The quantitative estimate of drug-likeness (QED) is 0.418. The predicted molar refractivity (Wildman–Crippen MR) is 135 cm³/mol. The van der Waals surface area contributed by atoms with Crippen LogP contribution in [0.3, 0.4) is 0 Å². The van der Waals surface area contributed by atoms with Crippen molar-refractivity contribution in [3.8, 4) is 17.0 Å². The summed E-state index contributed by atoms with van der Waals surface area (Å²) >= 11 is 0. The third-order valence-electron chi connectivity index (χ3n) is 6.28. The number of nitrogens with one attached hydrogen (secondary N) is 1. The molecule has 4 bridgehead atoms. The number of aromatic nitrogens is 4. The summed E-state index contributed by atoms with van der Waals surface area (Å²) in [6, 6.07) is 12.8. The number of hydrogen-bond acceptors (Lipinski definition) is 7. The molecule has 0 unspecified atom stereocenters. The first-order valence-corrected chi connectivity index (χ1v) is 13.2. The molecule has 9 nitrogen and oxygen atoms in total. The van der Waals surface area contributed by atoms with E-state index < -0.39 is 21.5 Å². The molecule has 1 aromatic carbocycles. The van der Waals surface area contributed by atoms with Gasteiger partial charge in [0.1, 0.15) is 6.61 Å². The molecule has 1 aliphatic rings. The molecule has 0 aliphatic carbocycles. The Morgan fingerprint density at radius 3 is 2.67 bits per heavy atom. The van der Waals surface area contributed by atoms with Crippen LogP contribution in [-0.2, 0) is 26.8 Å². The van der Waals surface area contributed by atoms with Crippen LogP contribution in [-0.4, -0.2) is 40.7 Å². The lowest BCUT2D eigenvalue weighted by Crippen LogP contribution is -2.35. The standard InChI is InChI=1S/C26H27N5O4S/c1-16(2)18-7-5-8-19-17-10-12-27-23(13-17)35-15-26(3,4)31-24-20(9-6-11-28-24)25(29-31)36(33,34)30-22(32)14-21(18)19/h5-13,16H,14-15H2,1-4H3,(H,30,32). The molecule has 0 atom stereocenters. The number of sulfonamides is 1. The van der Waals surface area contributed by atoms with Crippen LogP contribution in [0, 0.1) is 0 Å². The Labute approximate surface area is 209 Å². The van der Waals surface area contributed by atoms with E-state index in [2.05, 4.69) is 19.8 Å². The van der Waals surface area contributed by atoms with Gasteiger partial charge < -0.3 is 4.74 Å². The Hall–Kier alpha value is -3.79. The Balaban J connectivity index is 1.73. The molecule has 1 amide bonds. The summed E-state index contributed by atoms with van der Waals surface area (Å²) in [5.41, 5.74) is 2.96. The van der Waals surface area contributed by atoms with Gasteiger partial charge in [-0.3, -0.25) is 4.79 Å². The summed E-state index contributed by atoms with van der Waals surface area (Å²) in [4.78, 5) is 21.9. The summed E-state index contributed by atoms with van der Waals surface area (Å²) < 4.78 is 36.7. The molecule has 0 spiro atoms. The zero-order chi connectivity index (χ0) is 25.7. The van der Waals surface area contributed by atoms with Crippen molar-refractivity contribution in [1.29, 1.82) is 0 Å². The first-order valence-electron chi connectivity index (χ1n) is 11.7. The number of benzene rings is 1. The molecule has 186 valence electrons. The summed E-state index contributed by atoms with van der Waals surface area (Å²) in [6.45, 7) is 7.97. The van der Waals surface area contributed by atoms with E-state index in [0.29, 0.717) is 16.9 Å². The molecule has 0 saturated carbocycles. The van der Waals surface area contributed by atoms with E-state index in [4.69, 9.17) is 4.74 Å². The van der Waals surface area contributed by atoms with E-state index in [0.717, 1.165) is 22.3 Å². The monoisotopic (exact) mass is 505 g/mol. The number of fused-ring (bicyclic) bond motifs is 9. The largest absolute Gasteiger partial charge is 0.475 e. The highest BCUT2D eigenvalue weighted by atomic mass is 32.2. The van der Waals surface area contributed by atoms with Gasteiger partial charge in [0.15, 0.2) is 5.65 Å². The van der Waals surface area contributed by atoms with Crippen molar-refractivity contribution in [2.24, 2.45) is 0 Å². The maximum absolute atomic E-state index is 13.4. The molecule has 5 rings (SSSR count). The molecule has 10 heteroatoms. The number of amides is 1. The molecular formula is C26H27N5O4S. The van der Waals surface area contributed by atoms with Crippen molar-refractivity contribution in [2.45, 2.75) is 50.6 Å². The average molecular weight is 506 g/mol. The topological polar surface area (TPSA) is 116 Å². The van der Waals surface area contributed by atoms with E-state index in [-0.39, 0.29) is 24.0 Å². The van der Waals surface area contributed by atoms with Crippen LogP contribution in [0.4, 0.5) is 0 Å². The van der Waals surface area contributed by atoms with Crippen LogP contribution in [0.1, 0.15) is 44.7 Å². The normalized spacial score (nSPS) is 17.0.